The number of nitrogens with one attached hydrogen (secondary N) is 2. The van der Waals surface area contributed by atoms with E-state index in [1.165, 1.54) is 18.4 Å². The van der Waals surface area contributed by atoms with Gasteiger partial charge in [0.1, 0.15) is 0 Å². The van der Waals surface area contributed by atoms with Gasteiger partial charge in [-0.1, -0.05) is 0 Å². The second-order valence-corrected chi connectivity index (χ2v) is 4.61. The van der Waals surface area contributed by atoms with E-state index >= 15 is 0 Å². The minimum absolute atomic E-state index is 0. The molecule has 5 heteroatoms. The molecule has 17 heavy (non-hydrogen) atoms. The van der Waals surface area contributed by atoms with E-state index in [1.807, 2.05) is 6.92 Å². The van der Waals surface area contributed by atoms with E-state index in [0.29, 0.717) is 0 Å². The van der Waals surface area contributed by atoms with E-state index in [2.05, 4.69) is 22.4 Å². The highest BCUT2D eigenvalue weighted by molar-refractivity contribution is 5.85. The van der Waals surface area contributed by atoms with Crippen LogP contribution < -0.4 is 5.32 Å². The van der Waals surface area contributed by atoms with Crippen LogP contribution >= 0.6 is 12.4 Å². The molecule has 1 saturated carbocycles. The molecule has 1 aromatic heterocycles. The summed E-state index contributed by atoms with van der Waals surface area (Å²) in [5.41, 5.74) is 3.52. The van der Waals surface area contributed by atoms with Crippen molar-refractivity contribution in [2.45, 2.75) is 33.2 Å². The Morgan fingerprint density at radius 3 is 2.76 bits per heavy atom. The molecule has 1 fully saturated rings. The molecular formula is C12H22ClN3O. The molecule has 0 radical (unpaired) electrons. The Morgan fingerprint density at radius 1 is 1.41 bits per heavy atom. The fourth-order valence-electron chi connectivity index (χ4n) is 1.73. The first-order valence-corrected chi connectivity index (χ1v) is 6.06. The summed E-state index contributed by atoms with van der Waals surface area (Å²) < 4.78 is 5.55. The van der Waals surface area contributed by atoms with Gasteiger partial charge in [-0.25, -0.2) is 0 Å². The Morgan fingerprint density at radius 2 is 2.18 bits per heavy atom. The van der Waals surface area contributed by atoms with Crippen LogP contribution in [0.3, 0.4) is 0 Å². The first-order chi connectivity index (χ1) is 7.77. The molecule has 0 saturated heterocycles. The highest BCUT2D eigenvalue weighted by Crippen LogP contribution is 2.28. The molecule has 0 unspecified atom stereocenters. The normalized spacial score (nSPS) is 14.7. The highest BCUT2D eigenvalue weighted by Gasteiger charge is 2.20. The average Bonchev–Trinajstić information content (AvgIpc) is 3.03. The zero-order chi connectivity index (χ0) is 11.4. The van der Waals surface area contributed by atoms with E-state index in [1.54, 1.807) is 0 Å². The van der Waals surface area contributed by atoms with Gasteiger partial charge < -0.3 is 10.1 Å². The lowest BCUT2D eigenvalue weighted by Gasteiger charge is -2.05. The maximum absolute atomic E-state index is 5.55. The summed E-state index contributed by atoms with van der Waals surface area (Å²) in [6.07, 6.45) is 2.72. The van der Waals surface area contributed by atoms with Crippen LogP contribution in [0.5, 0.6) is 0 Å². The second-order valence-electron chi connectivity index (χ2n) is 4.61. The SMILES string of the molecule is Cc1n[nH]c(C)c1CNCCOCC1CC1.Cl. The first-order valence-electron chi connectivity index (χ1n) is 6.06. The highest BCUT2D eigenvalue weighted by atomic mass is 35.5. The molecule has 0 bridgehead atoms. The van der Waals surface area contributed by atoms with Crippen molar-refractivity contribution >= 4 is 12.4 Å². The van der Waals surface area contributed by atoms with Gasteiger partial charge in [0.05, 0.1) is 12.3 Å². The Bertz CT molecular complexity index is 317. The number of rotatable bonds is 7. The summed E-state index contributed by atoms with van der Waals surface area (Å²) in [6.45, 7) is 7.64. The van der Waals surface area contributed by atoms with Gasteiger partial charge >= 0.3 is 0 Å². The molecule has 2 rings (SSSR count). The van der Waals surface area contributed by atoms with Crippen molar-refractivity contribution in [2.24, 2.45) is 5.92 Å². The van der Waals surface area contributed by atoms with E-state index in [0.717, 1.165) is 43.6 Å². The third kappa shape index (κ3) is 4.66. The van der Waals surface area contributed by atoms with E-state index in [9.17, 15) is 0 Å². The molecular weight excluding hydrogens is 238 g/mol. The number of nitrogens with zero attached hydrogens (tertiary/aromatic N) is 1. The molecule has 0 aromatic carbocycles. The fourth-order valence-corrected chi connectivity index (χ4v) is 1.73. The van der Waals surface area contributed by atoms with E-state index in [-0.39, 0.29) is 12.4 Å². The minimum Gasteiger partial charge on any atom is -0.380 e. The first kappa shape index (κ1) is 14.5. The van der Waals surface area contributed by atoms with Gasteiger partial charge in [0.15, 0.2) is 0 Å². The van der Waals surface area contributed by atoms with Gasteiger partial charge in [-0.15, -0.1) is 12.4 Å². The minimum atomic E-state index is 0. The summed E-state index contributed by atoms with van der Waals surface area (Å²) in [5, 5.41) is 10.5. The standard InChI is InChI=1S/C12H21N3O.ClH/c1-9-12(10(2)15-14-9)7-13-5-6-16-8-11-3-4-11;/h11,13H,3-8H2,1-2H3,(H,14,15);1H. The zero-order valence-corrected chi connectivity index (χ0v) is 11.4. The molecule has 0 spiro atoms. The van der Waals surface area contributed by atoms with Crippen molar-refractivity contribution in [3.05, 3.63) is 17.0 Å². The van der Waals surface area contributed by atoms with Gasteiger partial charge in [0.2, 0.25) is 0 Å². The number of aromatic nitrogens is 2. The van der Waals surface area contributed by atoms with Crippen molar-refractivity contribution < 1.29 is 4.74 Å². The number of ether oxygens (including phenoxy) is 1. The quantitative estimate of drug-likeness (QED) is 0.736. The topological polar surface area (TPSA) is 49.9 Å². The second kappa shape index (κ2) is 6.99. The van der Waals surface area contributed by atoms with Gasteiger partial charge in [-0.05, 0) is 32.6 Å². The van der Waals surface area contributed by atoms with Crippen LogP contribution in [0.2, 0.25) is 0 Å². The van der Waals surface area contributed by atoms with Gasteiger partial charge in [-0.2, -0.15) is 5.10 Å². The summed E-state index contributed by atoms with van der Waals surface area (Å²) in [4.78, 5) is 0. The Kier molecular flexibility index (Phi) is 5.95. The maximum Gasteiger partial charge on any atom is 0.0638 e. The lowest BCUT2D eigenvalue weighted by Crippen LogP contribution is -2.20. The molecule has 1 aromatic rings. The van der Waals surface area contributed by atoms with Gasteiger partial charge in [0, 0.05) is 31.0 Å². The third-order valence-corrected chi connectivity index (χ3v) is 3.06. The third-order valence-electron chi connectivity index (χ3n) is 3.06. The number of hydrogen-bond acceptors (Lipinski definition) is 3. The largest absolute Gasteiger partial charge is 0.380 e. The molecule has 4 nitrogen and oxygen atoms in total. The summed E-state index contributed by atoms with van der Waals surface area (Å²) in [6, 6.07) is 0. The van der Waals surface area contributed by atoms with E-state index < -0.39 is 0 Å². The predicted octanol–water partition coefficient (Wildman–Crippen LogP) is 1.96. The lowest BCUT2D eigenvalue weighted by molar-refractivity contribution is 0.126. The van der Waals surface area contributed by atoms with Crippen molar-refractivity contribution in [2.75, 3.05) is 19.8 Å². The van der Waals surface area contributed by atoms with Crippen LogP contribution in [-0.2, 0) is 11.3 Å². The number of hydrogen-bond donors (Lipinski definition) is 2. The Labute approximate surface area is 109 Å². The number of aryl methyl sites for hydroxylation is 2. The smallest absolute Gasteiger partial charge is 0.0638 e. The zero-order valence-electron chi connectivity index (χ0n) is 10.6. The molecule has 1 heterocycles. The predicted molar refractivity (Wildman–Crippen MR) is 70.6 cm³/mol. The van der Waals surface area contributed by atoms with Crippen molar-refractivity contribution in [3.8, 4) is 0 Å². The fraction of sp³-hybridized carbons (Fsp3) is 0.750. The van der Waals surface area contributed by atoms with Crippen LogP contribution in [0.25, 0.3) is 0 Å². The number of aromatic amines is 1. The molecule has 98 valence electrons. The van der Waals surface area contributed by atoms with Crippen LogP contribution in [0.4, 0.5) is 0 Å². The van der Waals surface area contributed by atoms with Crippen LogP contribution in [0.15, 0.2) is 0 Å². The molecule has 0 aliphatic heterocycles. The summed E-state index contributed by atoms with van der Waals surface area (Å²) >= 11 is 0. The van der Waals surface area contributed by atoms with Crippen LogP contribution in [0.1, 0.15) is 29.8 Å². The van der Waals surface area contributed by atoms with Crippen LogP contribution in [-0.4, -0.2) is 30.0 Å². The van der Waals surface area contributed by atoms with Crippen molar-refractivity contribution in [1.29, 1.82) is 0 Å². The molecule has 0 atom stereocenters. The van der Waals surface area contributed by atoms with Gasteiger partial charge in [-0.3, -0.25) is 5.10 Å². The Hall–Kier alpha value is -0.580. The summed E-state index contributed by atoms with van der Waals surface area (Å²) in [7, 11) is 0. The monoisotopic (exact) mass is 259 g/mol. The molecule has 1 aliphatic carbocycles. The van der Waals surface area contributed by atoms with Crippen molar-refractivity contribution in [3.63, 3.8) is 0 Å². The number of H-pyrrole nitrogens is 1. The maximum atomic E-state index is 5.55. The molecule has 1 aliphatic rings. The Balaban J connectivity index is 0.00000144. The van der Waals surface area contributed by atoms with Crippen LogP contribution in [0, 0.1) is 19.8 Å². The van der Waals surface area contributed by atoms with E-state index in [4.69, 9.17) is 4.74 Å². The number of halogens is 1. The van der Waals surface area contributed by atoms with Gasteiger partial charge in [0.25, 0.3) is 0 Å². The molecule has 0 amide bonds. The van der Waals surface area contributed by atoms with Crippen molar-refractivity contribution in [1.82, 2.24) is 15.5 Å². The molecule has 2 N–H and O–H groups in total. The summed E-state index contributed by atoms with van der Waals surface area (Å²) in [5.74, 6) is 0.860. The lowest BCUT2D eigenvalue weighted by atomic mass is 10.2. The average molecular weight is 260 g/mol.